The molecule has 0 aliphatic carbocycles. The number of hydrogen-bond donors (Lipinski definition) is 0. The lowest BCUT2D eigenvalue weighted by Gasteiger charge is -2.27. The average molecular weight is 739 g/mol. The van der Waals surface area contributed by atoms with Crippen LogP contribution in [0.1, 0.15) is 0 Å². The predicted octanol–water partition coefficient (Wildman–Crippen LogP) is 15.6. The van der Waals surface area contributed by atoms with Crippen molar-refractivity contribution in [2.75, 3.05) is 4.90 Å². The molecule has 58 heavy (non-hydrogen) atoms. The number of aromatic nitrogens is 1. The van der Waals surface area contributed by atoms with Crippen LogP contribution in [0.3, 0.4) is 0 Å². The third-order valence-electron chi connectivity index (χ3n) is 11.5. The molecule has 11 rings (SSSR count). The second-order valence-corrected chi connectivity index (χ2v) is 14.9. The van der Waals surface area contributed by atoms with Crippen LogP contribution < -0.4 is 4.90 Å². The highest BCUT2D eigenvalue weighted by molar-refractivity contribution is 6.24. The van der Waals surface area contributed by atoms with E-state index in [1.54, 1.807) is 0 Å². The Hall–Kier alpha value is -7.68. The SMILES string of the molecule is c1ccc(-c2cccc(-c3ccc(N(c4cccc(-c5cc6ccccc6c6c5c5ccccc5n6-c5ccccc5)c4)c4cccc5ccccc45)cc3)c2)cc1. The fourth-order valence-corrected chi connectivity index (χ4v) is 8.86. The first-order chi connectivity index (χ1) is 28.8. The number of benzene rings is 10. The van der Waals surface area contributed by atoms with Gasteiger partial charge in [0, 0.05) is 38.6 Å². The van der Waals surface area contributed by atoms with E-state index in [4.69, 9.17) is 0 Å². The van der Waals surface area contributed by atoms with Crippen LogP contribution in [0.25, 0.3) is 82.4 Å². The molecule has 0 spiro atoms. The third kappa shape index (κ3) is 5.74. The number of hydrogen-bond acceptors (Lipinski definition) is 1. The van der Waals surface area contributed by atoms with Gasteiger partial charge in [-0.15, -0.1) is 0 Å². The van der Waals surface area contributed by atoms with Gasteiger partial charge in [-0.2, -0.15) is 0 Å². The summed E-state index contributed by atoms with van der Waals surface area (Å²) in [6.07, 6.45) is 0. The lowest BCUT2D eigenvalue weighted by Crippen LogP contribution is -2.10. The Bertz CT molecular complexity index is 3260. The Labute approximate surface area is 338 Å². The van der Waals surface area contributed by atoms with Crippen LogP contribution in [0.2, 0.25) is 0 Å². The van der Waals surface area contributed by atoms with E-state index in [0.29, 0.717) is 0 Å². The van der Waals surface area contributed by atoms with Gasteiger partial charge >= 0.3 is 0 Å². The Morgan fingerprint density at radius 3 is 1.69 bits per heavy atom. The molecular weight excluding hydrogens is 701 g/mol. The van der Waals surface area contributed by atoms with Crippen molar-refractivity contribution in [2.45, 2.75) is 0 Å². The average Bonchev–Trinajstić information content (AvgIpc) is 3.66. The lowest BCUT2D eigenvalue weighted by molar-refractivity contribution is 1.19. The van der Waals surface area contributed by atoms with E-state index in [2.05, 4.69) is 240 Å². The second-order valence-electron chi connectivity index (χ2n) is 14.9. The Morgan fingerprint density at radius 1 is 0.328 bits per heavy atom. The molecule has 0 amide bonds. The molecule has 10 aromatic carbocycles. The van der Waals surface area contributed by atoms with Crippen molar-refractivity contribution in [3.8, 4) is 39.1 Å². The minimum absolute atomic E-state index is 1.10. The highest BCUT2D eigenvalue weighted by atomic mass is 15.1. The fourth-order valence-electron chi connectivity index (χ4n) is 8.86. The molecule has 0 aliphatic rings. The Morgan fingerprint density at radius 2 is 0.897 bits per heavy atom. The van der Waals surface area contributed by atoms with Crippen molar-refractivity contribution in [1.29, 1.82) is 0 Å². The molecule has 0 unspecified atom stereocenters. The molecule has 0 aliphatic heterocycles. The number of para-hydroxylation sites is 2. The summed E-state index contributed by atoms with van der Waals surface area (Å²) in [5.74, 6) is 0. The van der Waals surface area contributed by atoms with E-state index < -0.39 is 0 Å². The summed E-state index contributed by atoms with van der Waals surface area (Å²) in [5.41, 5.74) is 14.1. The first kappa shape index (κ1) is 33.6. The van der Waals surface area contributed by atoms with E-state index in [0.717, 1.165) is 22.7 Å². The quantitative estimate of drug-likeness (QED) is 0.158. The van der Waals surface area contributed by atoms with Gasteiger partial charge < -0.3 is 9.47 Å². The summed E-state index contributed by atoms with van der Waals surface area (Å²) in [4.78, 5) is 2.42. The molecule has 272 valence electrons. The molecular formula is C56H38N2. The highest BCUT2D eigenvalue weighted by Crippen LogP contribution is 2.45. The summed E-state index contributed by atoms with van der Waals surface area (Å²) in [7, 11) is 0. The zero-order valence-corrected chi connectivity index (χ0v) is 31.8. The van der Waals surface area contributed by atoms with Crippen molar-refractivity contribution in [3.05, 3.63) is 231 Å². The van der Waals surface area contributed by atoms with Crippen LogP contribution >= 0.6 is 0 Å². The molecule has 0 saturated carbocycles. The molecule has 0 bridgehead atoms. The first-order valence-electron chi connectivity index (χ1n) is 19.9. The molecule has 1 aromatic heterocycles. The van der Waals surface area contributed by atoms with Crippen LogP contribution in [0, 0.1) is 0 Å². The fraction of sp³-hybridized carbons (Fsp3) is 0. The van der Waals surface area contributed by atoms with Crippen LogP contribution in [-0.4, -0.2) is 4.57 Å². The van der Waals surface area contributed by atoms with Gasteiger partial charge in [0.25, 0.3) is 0 Å². The van der Waals surface area contributed by atoms with E-state index in [1.165, 1.54) is 76.7 Å². The summed E-state index contributed by atoms with van der Waals surface area (Å²) in [5, 5.41) is 7.37. The maximum atomic E-state index is 2.44. The molecule has 0 fully saturated rings. The maximum absolute atomic E-state index is 2.44. The second kappa shape index (κ2) is 14.1. The molecule has 2 nitrogen and oxygen atoms in total. The van der Waals surface area contributed by atoms with Gasteiger partial charge in [0.05, 0.1) is 16.7 Å². The van der Waals surface area contributed by atoms with Gasteiger partial charge in [0.2, 0.25) is 0 Å². The molecule has 11 aromatic rings. The molecule has 1 heterocycles. The van der Waals surface area contributed by atoms with Gasteiger partial charge in [-0.05, 0) is 105 Å². The molecule has 0 saturated heterocycles. The summed E-state index contributed by atoms with van der Waals surface area (Å²) in [6.45, 7) is 0. The van der Waals surface area contributed by atoms with Gasteiger partial charge in [-0.1, -0.05) is 170 Å². The van der Waals surface area contributed by atoms with Crippen molar-refractivity contribution in [2.24, 2.45) is 0 Å². The largest absolute Gasteiger partial charge is 0.310 e. The van der Waals surface area contributed by atoms with Gasteiger partial charge in [0.1, 0.15) is 0 Å². The van der Waals surface area contributed by atoms with E-state index in [-0.39, 0.29) is 0 Å². The topological polar surface area (TPSA) is 8.17 Å². The van der Waals surface area contributed by atoms with Crippen molar-refractivity contribution in [1.82, 2.24) is 4.57 Å². The van der Waals surface area contributed by atoms with Gasteiger partial charge in [-0.3, -0.25) is 0 Å². The molecule has 0 atom stereocenters. The molecule has 2 heteroatoms. The molecule has 0 radical (unpaired) electrons. The van der Waals surface area contributed by atoms with E-state index in [9.17, 15) is 0 Å². The van der Waals surface area contributed by atoms with Crippen LogP contribution in [0.4, 0.5) is 17.1 Å². The van der Waals surface area contributed by atoms with Crippen LogP contribution in [-0.2, 0) is 0 Å². The summed E-state index contributed by atoms with van der Waals surface area (Å²) >= 11 is 0. The number of nitrogens with zero attached hydrogens (tertiary/aromatic N) is 2. The Kier molecular flexibility index (Phi) is 8.19. The zero-order valence-electron chi connectivity index (χ0n) is 31.8. The number of rotatable bonds is 7. The summed E-state index contributed by atoms with van der Waals surface area (Å²) in [6, 6.07) is 83.7. The number of fused-ring (bicyclic) bond motifs is 6. The minimum atomic E-state index is 1.10. The number of anilines is 3. The third-order valence-corrected chi connectivity index (χ3v) is 11.5. The normalized spacial score (nSPS) is 11.4. The van der Waals surface area contributed by atoms with E-state index >= 15 is 0 Å². The van der Waals surface area contributed by atoms with Crippen LogP contribution in [0.5, 0.6) is 0 Å². The zero-order chi connectivity index (χ0) is 38.4. The standard InChI is InChI=1S/C56H38N2/c1-3-16-39(17-4-1)42-21-13-22-43(36-42)40-32-34-47(35-33-40)57(53-31-15-20-41-18-7-9-27-49(41)53)48-26-14-23-44(37-48)52-38-45-19-8-10-28-50(45)56-55(52)51-29-11-12-30-54(51)58(56)46-24-5-2-6-25-46/h1-38H. The van der Waals surface area contributed by atoms with Crippen molar-refractivity contribution in [3.63, 3.8) is 0 Å². The highest BCUT2D eigenvalue weighted by Gasteiger charge is 2.21. The van der Waals surface area contributed by atoms with Crippen LogP contribution in [0.15, 0.2) is 231 Å². The van der Waals surface area contributed by atoms with Crippen molar-refractivity contribution >= 4 is 60.4 Å². The Balaban J connectivity index is 1.11. The first-order valence-corrected chi connectivity index (χ1v) is 19.9. The molecule has 0 N–H and O–H groups in total. The van der Waals surface area contributed by atoms with Crippen molar-refractivity contribution < 1.29 is 0 Å². The minimum Gasteiger partial charge on any atom is -0.310 e. The predicted molar refractivity (Wildman–Crippen MR) is 247 cm³/mol. The van der Waals surface area contributed by atoms with Gasteiger partial charge in [-0.25, -0.2) is 0 Å². The monoisotopic (exact) mass is 738 g/mol. The summed E-state index contributed by atoms with van der Waals surface area (Å²) < 4.78 is 2.44. The van der Waals surface area contributed by atoms with E-state index in [1.807, 2.05) is 0 Å². The lowest BCUT2D eigenvalue weighted by atomic mass is 9.94. The van der Waals surface area contributed by atoms with Gasteiger partial charge in [0.15, 0.2) is 0 Å². The maximum Gasteiger partial charge on any atom is 0.0625 e. The smallest absolute Gasteiger partial charge is 0.0625 e.